The molecule has 130 valence electrons. The predicted octanol–water partition coefficient (Wildman–Crippen LogP) is 4.06. The molecule has 1 atom stereocenters. The van der Waals surface area contributed by atoms with E-state index in [0.29, 0.717) is 17.3 Å². The molecular weight excluding hydrogens is 350 g/mol. The maximum atomic E-state index is 13.4. The molecule has 1 unspecified atom stereocenters. The van der Waals surface area contributed by atoms with Crippen molar-refractivity contribution in [1.29, 1.82) is 0 Å². The molecular formula is C20H16ClN3O2. The number of benzene rings is 2. The van der Waals surface area contributed by atoms with E-state index in [2.05, 4.69) is 11.1 Å². The van der Waals surface area contributed by atoms with Gasteiger partial charge in [0.2, 0.25) is 0 Å². The molecule has 0 spiro atoms. The Hall–Kier alpha value is -2.79. The van der Waals surface area contributed by atoms with Crippen LogP contribution in [-0.4, -0.2) is 28.4 Å². The Morgan fingerprint density at radius 1 is 1.12 bits per heavy atom. The number of aromatic amines is 1. The summed E-state index contributed by atoms with van der Waals surface area (Å²) in [5.41, 5.74) is 2.38. The topological polar surface area (TPSA) is 56.4 Å². The number of nitrogens with one attached hydrogen (secondary N) is 1. The van der Waals surface area contributed by atoms with Gasteiger partial charge in [-0.3, -0.25) is 4.79 Å². The highest BCUT2D eigenvalue weighted by Gasteiger charge is 2.58. The van der Waals surface area contributed by atoms with Crippen molar-refractivity contribution >= 4 is 40.1 Å². The molecule has 0 aliphatic carbocycles. The number of rotatable bonds is 1. The second-order valence-electron chi connectivity index (χ2n) is 6.90. The molecule has 1 saturated heterocycles. The van der Waals surface area contributed by atoms with Crippen LogP contribution < -0.4 is 4.90 Å². The van der Waals surface area contributed by atoms with Gasteiger partial charge in [0.25, 0.3) is 5.91 Å². The van der Waals surface area contributed by atoms with Crippen LogP contribution in [0.2, 0.25) is 5.02 Å². The third kappa shape index (κ3) is 1.81. The van der Waals surface area contributed by atoms with Crippen LogP contribution in [-0.2, 0) is 16.8 Å². The lowest BCUT2D eigenvalue weighted by Crippen LogP contribution is -2.49. The molecule has 2 aromatic carbocycles. The number of para-hydroxylation sites is 1. The summed E-state index contributed by atoms with van der Waals surface area (Å²) in [6, 6.07) is 14.5. The molecule has 0 radical (unpaired) electrons. The van der Waals surface area contributed by atoms with Gasteiger partial charge in [-0.15, -0.1) is 0 Å². The molecule has 1 fully saturated rings. The van der Waals surface area contributed by atoms with Gasteiger partial charge in [0.1, 0.15) is 0 Å². The van der Waals surface area contributed by atoms with E-state index in [1.54, 1.807) is 29.2 Å². The minimum absolute atomic E-state index is 0.253. The first-order valence-corrected chi connectivity index (χ1v) is 8.91. The van der Waals surface area contributed by atoms with Crippen molar-refractivity contribution in [2.45, 2.75) is 18.9 Å². The number of hydrogen-bond acceptors (Lipinski definition) is 2. The molecule has 6 heteroatoms. The number of urea groups is 1. The number of carbonyl (C=O) groups is 2. The zero-order chi connectivity index (χ0) is 18.1. The van der Waals surface area contributed by atoms with Gasteiger partial charge in [-0.05, 0) is 43.2 Å². The summed E-state index contributed by atoms with van der Waals surface area (Å²) < 4.78 is 0. The zero-order valence-electron chi connectivity index (χ0n) is 14.1. The summed E-state index contributed by atoms with van der Waals surface area (Å²) in [7, 11) is 0. The summed E-state index contributed by atoms with van der Waals surface area (Å²) in [6.45, 7) is 2.33. The zero-order valence-corrected chi connectivity index (χ0v) is 14.9. The largest absolute Gasteiger partial charge is 0.356 e. The maximum Gasteiger partial charge on any atom is 0.332 e. The quantitative estimate of drug-likeness (QED) is 0.661. The number of amides is 3. The molecule has 2 aliphatic heterocycles. The van der Waals surface area contributed by atoms with Crippen LogP contribution in [0.25, 0.3) is 10.9 Å². The Bertz CT molecular complexity index is 1090. The minimum Gasteiger partial charge on any atom is -0.356 e. The normalized spacial score (nSPS) is 22.1. The smallest absolute Gasteiger partial charge is 0.332 e. The monoisotopic (exact) mass is 365 g/mol. The molecule has 5 nitrogen and oxygen atoms in total. The van der Waals surface area contributed by atoms with Crippen LogP contribution in [0.15, 0.2) is 48.5 Å². The highest BCUT2D eigenvalue weighted by molar-refractivity contribution is 6.31. The average molecular weight is 366 g/mol. The van der Waals surface area contributed by atoms with Crippen LogP contribution in [0.5, 0.6) is 0 Å². The molecule has 3 aromatic rings. The summed E-state index contributed by atoms with van der Waals surface area (Å²) in [5.74, 6) is -0.253. The maximum absolute atomic E-state index is 13.4. The fourth-order valence-electron chi connectivity index (χ4n) is 4.23. The van der Waals surface area contributed by atoms with E-state index < -0.39 is 5.54 Å². The molecule has 3 heterocycles. The van der Waals surface area contributed by atoms with Crippen molar-refractivity contribution in [3.8, 4) is 0 Å². The third-order valence-electron chi connectivity index (χ3n) is 5.53. The Labute approximate surface area is 155 Å². The van der Waals surface area contributed by atoms with Gasteiger partial charge in [-0.25, -0.2) is 9.69 Å². The fraction of sp³-hybridized carbons (Fsp3) is 0.200. The number of anilines is 1. The molecule has 1 aromatic heterocycles. The summed E-state index contributed by atoms with van der Waals surface area (Å²) in [5, 5.41) is 1.61. The number of imide groups is 1. The van der Waals surface area contributed by atoms with Gasteiger partial charge in [-0.2, -0.15) is 0 Å². The van der Waals surface area contributed by atoms with Crippen molar-refractivity contribution < 1.29 is 9.59 Å². The first-order chi connectivity index (χ1) is 12.5. The Morgan fingerprint density at radius 3 is 2.73 bits per heavy atom. The number of hydrogen-bond donors (Lipinski definition) is 1. The third-order valence-corrected chi connectivity index (χ3v) is 5.77. The fourth-order valence-corrected chi connectivity index (χ4v) is 4.42. The minimum atomic E-state index is -1.04. The average Bonchev–Trinajstić information content (AvgIpc) is 3.10. The van der Waals surface area contributed by atoms with E-state index in [9.17, 15) is 9.59 Å². The number of H-pyrrole nitrogens is 1. The van der Waals surface area contributed by atoms with Gasteiger partial charge >= 0.3 is 6.03 Å². The van der Waals surface area contributed by atoms with Crippen LogP contribution >= 0.6 is 11.6 Å². The second-order valence-corrected chi connectivity index (χ2v) is 7.34. The number of halogens is 1. The van der Waals surface area contributed by atoms with E-state index >= 15 is 0 Å². The summed E-state index contributed by atoms with van der Waals surface area (Å²) in [4.78, 5) is 32.8. The molecule has 0 saturated carbocycles. The molecule has 0 bridgehead atoms. The highest BCUT2D eigenvalue weighted by Crippen LogP contribution is 2.45. The van der Waals surface area contributed by atoms with Gasteiger partial charge in [-0.1, -0.05) is 35.9 Å². The van der Waals surface area contributed by atoms with E-state index in [0.717, 1.165) is 28.6 Å². The SMILES string of the molecule is CC12C(=O)N(c3cccc(Cl)c3)C(=O)N1CCc1c2[nH]c2ccccc12. The lowest BCUT2D eigenvalue weighted by atomic mass is 9.87. The standard InChI is InChI=1S/C20H16ClN3O2/c1-20-17-15(14-7-2-3-8-16(14)22-17)9-10-23(20)19(26)24(18(20)25)13-6-4-5-12(21)11-13/h2-8,11,22H,9-10H2,1H3. The van der Waals surface area contributed by atoms with Crippen molar-refractivity contribution in [3.05, 3.63) is 64.8 Å². The van der Waals surface area contributed by atoms with Crippen LogP contribution in [0, 0.1) is 0 Å². The molecule has 1 N–H and O–H groups in total. The van der Waals surface area contributed by atoms with Crippen LogP contribution in [0.4, 0.5) is 10.5 Å². The molecule has 5 rings (SSSR count). The second kappa shape index (κ2) is 5.11. The van der Waals surface area contributed by atoms with E-state index in [1.165, 1.54) is 4.90 Å². The van der Waals surface area contributed by atoms with Gasteiger partial charge in [0, 0.05) is 22.5 Å². The lowest BCUT2D eigenvalue weighted by Gasteiger charge is -2.35. The molecule has 3 amide bonds. The first-order valence-electron chi connectivity index (χ1n) is 8.53. The van der Waals surface area contributed by atoms with E-state index in [1.807, 2.05) is 25.1 Å². The number of carbonyl (C=O) groups excluding carboxylic acids is 2. The Balaban J connectivity index is 1.71. The number of aromatic nitrogens is 1. The van der Waals surface area contributed by atoms with Crippen molar-refractivity contribution in [1.82, 2.24) is 9.88 Å². The lowest BCUT2D eigenvalue weighted by molar-refractivity contribution is -0.125. The van der Waals surface area contributed by atoms with Crippen molar-refractivity contribution in [3.63, 3.8) is 0 Å². The van der Waals surface area contributed by atoms with Gasteiger partial charge < -0.3 is 9.88 Å². The van der Waals surface area contributed by atoms with Gasteiger partial charge in [0.15, 0.2) is 5.54 Å². The van der Waals surface area contributed by atoms with Crippen molar-refractivity contribution in [2.24, 2.45) is 0 Å². The highest BCUT2D eigenvalue weighted by atomic mass is 35.5. The van der Waals surface area contributed by atoms with E-state index in [-0.39, 0.29) is 11.9 Å². The van der Waals surface area contributed by atoms with Gasteiger partial charge in [0.05, 0.1) is 11.4 Å². The van der Waals surface area contributed by atoms with Crippen LogP contribution in [0.3, 0.4) is 0 Å². The Morgan fingerprint density at radius 2 is 1.92 bits per heavy atom. The van der Waals surface area contributed by atoms with E-state index in [4.69, 9.17) is 11.6 Å². The summed E-state index contributed by atoms with van der Waals surface area (Å²) >= 11 is 6.07. The number of nitrogens with zero attached hydrogens (tertiary/aromatic N) is 2. The number of fused-ring (bicyclic) bond motifs is 5. The molecule has 26 heavy (non-hydrogen) atoms. The first kappa shape index (κ1) is 15.5. The summed E-state index contributed by atoms with van der Waals surface area (Å²) in [6.07, 6.45) is 0.720. The predicted molar refractivity (Wildman–Crippen MR) is 100 cm³/mol. The van der Waals surface area contributed by atoms with Crippen molar-refractivity contribution in [2.75, 3.05) is 11.4 Å². The molecule has 2 aliphatic rings. The Kier molecular flexibility index (Phi) is 3.04. The van der Waals surface area contributed by atoms with Crippen LogP contribution in [0.1, 0.15) is 18.2 Å².